The second kappa shape index (κ2) is 9.57. The van der Waals surface area contributed by atoms with Crippen molar-refractivity contribution >= 4 is 11.6 Å². The summed E-state index contributed by atoms with van der Waals surface area (Å²) in [6, 6.07) is 6.83. The van der Waals surface area contributed by atoms with Crippen molar-refractivity contribution in [1.82, 2.24) is 24.9 Å². The van der Waals surface area contributed by atoms with Crippen LogP contribution in [0.4, 0.5) is 0 Å². The summed E-state index contributed by atoms with van der Waals surface area (Å²) in [6.45, 7) is 6.39. The molecular weight excluding hydrogens is 324 g/mol. The highest BCUT2D eigenvalue weighted by Crippen LogP contribution is 2.18. The Bertz CT molecular complexity index is 674. The Balaban J connectivity index is 1.39. The maximum absolute atomic E-state index is 4.63. The average Bonchev–Trinajstić information content (AvgIpc) is 3.10. The van der Waals surface area contributed by atoms with E-state index in [2.05, 4.69) is 43.0 Å². The molecule has 142 valence electrons. The number of rotatable bonds is 7. The lowest BCUT2D eigenvalue weighted by molar-refractivity contribution is 0.147. The molecule has 2 aromatic rings. The van der Waals surface area contributed by atoms with Crippen LogP contribution in [0, 0.1) is 0 Å². The second-order valence-electron chi connectivity index (χ2n) is 6.97. The molecule has 3 rings (SSSR count). The van der Waals surface area contributed by atoms with Crippen LogP contribution in [0.15, 0.2) is 35.6 Å². The molecule has 2 N–H and O–H groups in total. The molecule has 1 atom stereocenters. The SMILES string of the molecule is CCC1CCCCN1CCNC(=NC)NCCc1cn2ccccc2n1. The van der Waals surface area contributed by atoms with Crippen molar-refractivity contribution in [2.75, 3.05) is 33.2 Å². The van der Waals surface area contributed by atoms with Gasteiger partial charge in [0.1, 0.15) is 5.65 Å². The second-order valence-corrected chi connectivity index (χ2v) is 6.97. The lowest BCUT2D eigenvalue weighted by Gasteiger charge is -2.35. The Kier molecular flexibility index (Phi) is 6.89. The average molecular weight is 357 g/mol. The Morgan fingerprint density at radius 1 is 1.27 bits per heavy atom. The minimum absolute atomic E-state index is 0.760. The van der Waals surface area contributed by atoms with E-state index in [9.17, 15) is 0 Å². The van der Waals surface area contributed by atoms with Gasteiger partial charge in [0.15, 0.2) is 5.96 Å². The number of fused-ring (bicyclic) bond motifs is 1. The first-order chi connectivity index (χ1) is 12.8. The molecule has 1 fully saturated rings. The van der Waals surface area contributed by atoms with E-state index in [4.69, 9.17) is 0 Å². The van der Waals surface area contributed by atoms with Crippen LogP contribution in [-0.4, -0.2) is 59.5 Å². The third kappa shape index (κ3) is 4.97. The molecule has 0 aliphatic carbocycles. The number of aliphatic imine (C=N–C) groups is 1. The van der Waals surface area contributed by atoms with Crippen molar-refractivity contribution in [3.05, 3.63) is 36.3 Å². The molecule has 2 aromatic heterocycles. The first-order valence-electron chi connectivity index (χ1n) is 9.91. The van der Waals surface area contributed by atoms with E-state index < -0.39 is 0 Å². The molecule has 0 radical (unpaired) electrons. The summed E-state index contributed by atoms with van der Waals surface area (Å²) in [5.41, 5.74) is 2.09. The minimum Gasteiger partial charge on any atom is -0.356 e. The molecule has 0 amide bonds. The minimum atomic E-state index is 0.760. The summed E-state index contributed by atoms with van der Waals surface area (Å²) < 4.78 is 2.06. The molecule has 0 spiro atoms. The van der Waals surface area contributed by atoms with Gasteiger partial charge in [-0.05, 0) is 37.9 Å². The normalized spacial score (nSPS) is 19.0. The van der Waals surface area contributed by atoms with Gasteiger partial charge in [-0.15, -0.1) is 0 Å². The van der Waals surface area contributed by atoms with Gasteiger partial charge >= 0.3 is 0 Å². The topological polar surface area (TPSA) is 57.0 Å². The van der Waals surface area contributed by atoms with E-state index in [1.165, 1.54) is 32.2 Å². The van der Waals surface area contributed by atoms with Crippen LogP contribution in [0.1, 0.15) is 38.3 Å². The van der Waals surface area contributed by atoms with Crippen molar-refractivity contribution in [1.29, 1.82) is 0 Å². The number of nitrogens with one attached hydrogen (secondary N) is 2. The standard InChI is InChI=1S/C20H32N6/c1-3-18-8-4-6-13-25(18)15-12-23-20(21-2)22-11-10-17-16-26-14-7-5-9-19(26)24-17/h5,7,9,14,16,18H,3-4,6,8,10-13,15H2,1-2H3,(H2,21,22,23). The van der Waals surface area contributed by atoms with E-state index >= 15 is 0 Å². The zero-order valence-corrected chi connectivity index (χ0v) is 16.1. The maximum Gasteiger partial charge on any atom is 0.191 e. The van der Waals surface area contributed by atoms with Gasteiger partial charge in [-0.2, -0.15) is 0 Å². The van der Waals surface area contributed by atoms with Crippen LogP contribution in [-0.2, 0) is 6.42 Å². The predicted molar refractivity (Wildman–Crippen MR) is 108 cm³/mol. The van der Waals surface area contributed by atoms with Crippen LogP contribution in [0.5, 0.6) is 0 Å². The monoisotopic (exact) mass is 356 g/mol. The first-order valence-corrected chi connectivity index (χ1v) is 9.91. The van der Waals surface area contributed by atoms with Gasteiger partial charge < -0.3 is 15.0 Å². The number of hydrogen-bond donors (Lipinski definition) is 2. The summed E-state index contributed by atoms with van der Waals surface area (Å²) in [5, 5.41) is 6.84. The number of guanidine groups is 1. The maximum atomic E-state index is 4.63. The first kappa shape index (κ1) is 18.7. The zero-order valence-electron chi connectivity index (χ0n) is 16.1. The smallest absolute Gasteiger partial charge is 0.191 e. The number of likely N-dealkylation sites (tertiary alicyclic amines) is 1. The van der Waals surface area contributed by atoms with Crippen LogP contribution in [0.3, 0.4) is 0 Å². The highest BCUT2D eigenvalue weighted by Gasteiger charge is 2.19. The van der Waals surface area contributed by atoms with Gasteiger partial charge in [0.25, 0.3) is 0 Å². The van der Waals surface area contributed by atoms with Crippen LogP contribution in [0.2, 0.25) is 0 Å². The Morgan fingerprint density at radius 2 is 2.15 bits per heavy atom. The Labute approximate surface area is 156 Å². The summed E-state index contributed by atoms with van der Waals surface area (Å²) >= 11 is 0. The largest absolute Gasteiger partial charge is 0.356 e. The van der Waals surface area contributed by atoms with Gasteiger partial charge in [-0.25, -0.2) is 4.98 Å². The van der Waals surface area contributed by atoms with E-state index in [-0.39, 0.29) is 0 Å². The molecule has 1 aliphatic rings. The van der Waals surface area contributed by atoms with Crippen LogP contribution in [0.25, 0.3) is 5.65 Å². The number of aromatic nitrogens is 2. The third-order valence-electron chi connectivity index (χ3n) is 5.22. The molecular formula is C20H32N6. The van der Waals surface area contributed by atoms with Crippen molar-refractivity contribution in [2.24, 2.45) is 4.99 Å². The number of piperidine rings is 1. The molecule has 1 unspecified atom stereocenters. The molecule has 0 saturated carbocycles. The number of hydrogen-bond acceptors (Lipinski definition) is 3. The van der Waals surface area contributed by atoms with Crippen molar-refractivity contribution in [3.8, 4) is 0 Å². The highest BCUT2D eigenvalue weighted by atomic mass is 15.2. The molecule has 0 bridgehead atoms. The molecule has 6 heteroatoms. The summed E-state index contributed by atoms with van der Waals surface area (Å²) in [7, 11) is 1.83. The molecule has 1 aliphatic heterocycles. The summed E-state index contributed by atoms with van der Waals surface area (Å²) in [6.07, 6.45) is 10.3. The fraction of sp³-hybridized carbons (Fsp3) is 0.600. The van der Waals surface area contributed by atoms with Crippen molar-refractivity contribution in [2.45, 2.75) is 45.1 Å². The van der Waals surface area contributed by atoms with Gasteiger partial charge in [0.05, 0.1) is 5.69 Å². The highest BCUT2D eigenvalue weighted by molar-refractivity contribution is 5.79. The van der Waals surface area contributed by atoms with Crippen LogP contribution >= 0.6 is 0 Å². The lowest BCUT2D eigenvalue weighted by atomic mass is 10.0. The molecule has 1 saturated heterocycles. The molecule has 0 aromatic carbocycles. The van der Waals surface area contributed by atoms with Crippen molar-refractivity contribution in [3.63, 3.8) is 0 Å². The van der Waals surface area contributed by atoms with Gasteiger partial charge in [0, 0.05) is 51.5 Å². The summed E-state index contributed by atoms with van der Waals surface area (Å²) in [4.78, 5) is 11.6. The van der Waals surface area contributed by atoms with E-state index in [1.54, 1.807) is 0 Å². The molecule has 6 nitrogen and oxygen atoms in total. The van der Waals surface area contributed by atoms with Crippen molar-refractivity contribution < 1.29 is 0 Å². The van der Waals surface area contributed by atoms with E-state index in [1.807, 2.05) is 31.4 Å². The van der Waals surface area contributed by atoms with Gasteiger partial charge in [-0.1, -0.05) is 19.4 Å². The van der Waals surface area contributed by atoms with E-state index in [0.717, 1.165) is 49.4 Å². The number of pyridine rings is 1. The Hall–Kier alpha value is -2.08. The van der Waals surface area contributed by atoms with E-state index in [0.29, 0.717) is 0 Å². The number of nitrogens with zero attached hydrogens (tertiary/aromatic N) is 4. The zero-order chi connectivity index (χ0) is 18.2. The predicted octanol–water partition coefficient (Wildman–Crippen LogP) is 2.31. The number of imidazole rings is 1. The fourth-order valence-corrected chi connectivity index (χ4v) is 3.77. The third-order valence-corrected chi connectivity index (χ3v) is 5.22. The fourth-order valence-electron chi connectivity index (χ4n) is 3.77. The Morgan fingerprint density at radius 3 is 2.96 bits per heavy atom. The molecule has 3 heterocycles. The quantitative estimate of drug-likeness (QED) is 0.590. The summed E-state index contributed by atoms with van der Waals surface area (Å²) in [5.74, 6) is 0.874. The van der Waals surface area contributed by atoms with Gasteiger partial charge in [-0.3, -0.25) is 9.89 Å². The van der Waals surface area contributed by atoms with Crippen LogP contribution < -0.4 is 10.6 Å². The lowest BCUT2D eigenvalue weighted by Crippen LogP contribution is -2.46. The molecule has 26 heavy (non-hydrogen) atoms. The van der Waals surface area contributed by atoms with Gasteiger partial charge in [0.2, 0.25) is 0 Å².